The van der Waals surface area contributed by atoms with Crippen LogP contribution in [-0.4, -0.2) is 69.0 Å². The van der Waals surface area contributed by atoms with Gasteiger partial charge in [-0.05, 0) is 19.4 Å². The van der Waals surface area contributed by atoms with Crippen molar-refractivity contribution in [3.8, 4) is 0 Å². The molecule has 0 spiro atoms. The van der Waals surface area contributed by atoms with Gasteiger partial charge < -0.3 is 9.64 Å². The molecule has 1 aliphatic heterocycles. The van der Waals surface area contributed by atoms with Crippen LogP contribution < -0.4 is 0 Å². The number of piperazine rings is 1. The van der Waals surface area contributed by atoms with Crippen molar-refractivity contribution in [2.45, 2.75) is 26.4 Å². The van der Waals surface area contributed by atoms with E-state index in [0.717, 1.165) is 32.7 Å². The maximum atomic E-state index is 13.3. The Labute approximate surface area is 105 Å². The highest BCUT2D eigenvalue weighted by Gasteiger charge is 2.13. The third-order valence-electron chi connectivity index (χ3n) is 3.17. The van der Waals surface area contributed by atoms with Gasteiger partial charge in [0, 0.05) is 32.7 Å². The summed E-state index contributed by atoms with van der Waals surface area (Å²) in [6.07, 6.45) is -0.198. The molecule has 1 rings (SSSR count). The van der Waals surface area contributed by atoms with Crippen molar-refractivity contribution in [1.82, 2.24) is 9.80 Å². The quantitative estimate of drug-likeness (QED) is 0.635. The molecule has 0 aromatic carbocycles. The molecule has 0 N–H and O–H groups in total. The lowest BCUT2D eigenvalue weighted by Crippen LogP contribution is -2.45. The van der Waals surface area contributed by atoms with E-state index in [1.54, 1.807) is 0 Å². The van der Waals surface area contributed by atoms with E-state index in [1.807, 2.05) is 13.8 Å². The van der Waals surface area contributed by atoms with Crippen LogP contribution in [0, 0.1) is 5.92 Å². The Hall–Kier alpha value is -0.190. The van der Waals surface area contributed by atoms with Crippen LogP contribution in [0.25, 0.3) is 0 Å². The molecule has 0 bridgehead atoms. The van der Waals surface area contributed by atoms with E-state index in [2.05, 4.69) is 16.8 Å². The summed E-state index contributed by atoms with van der Waals surface area (Å²) in [5.74, 6) is 0.409. The van der Waals surface area contributed by atoms with Gasteiger partial charge in [0.25, 0.3) is 0 Å². The van der Waals surface area contributed by atoms with Gasteiger partial charge in [0.15, 0.2) is 0 Å². The van der Waals surface area contributed by atoms with Gasteiger partial charge in [-0.3, -0.25) is 4.90 Å². The van der Waals surface area contributed by atoms with Gasteiger partial charge in [-0.15, -0.1) is 0 Å². The van der Waals surface area contributed by atoms with E-state index in [4.69, 9.17) is 4.74 Å². The molecule has 3 nitrogen and oxygen atoms in total. The number of likely N-dealkylation sites (N-methyl/N-ethyl adjacent to an activating group) is 1. The monoisotopic (exact) mass is 246 g/mol. The topological polar surface area (TPSA) is 15.7 Å². The first-order chi connectivity index (χ1) is 8.08. The van der Waals surface area contributed by atoms with E-state index in [-0.39, 0.29) is 6.61 Å². The molecular formula is C13H27FN2O. The molecule has 1 fully saturated rings. The number of nitrogens with zero attached hydrogens (tertiary/aromatic N) is 2. The molecule has 1 heterocycles. The van der Waals surface area contributed by atoms with Crippen molar-refractivity contribution < 1.29 is 9.13 Å². The Morgan fingerprint density at radius 3 is 2.41 bits per heavy atom. The van der Waals surface area contributed by atoms with E-state index >= 15 is 0 Å². The van der Waals surface area contributed by atoms with E-state index < -0.39 is 6.17 Å². The second-order valence-corrected chi connectivity index (χ2v) is 5.45. The lowest BCUT2D eigenvalue weighted by atomic mass is 10.1. The first-order valence-electron chi connectivity index (χ1n) is 6.70. The van der Waals surface area contributed by atoms with E-state index in [0.29, 0.717) is 18.9 Å². The van der Waals surface area contributed by atoms with Gasteiger partial charge >= 0.3 is 0 Å². The SMILES string of the molecule is CC(C)C[C@@H](F)COCCN1CCN(C)CC1. The minimum atomic E-state index is -0.803. The fraction of sp³-hybridized carbons (Fsp3) is 1.00. The molecule has 17 heavy (non-hydrogen) atoms. The third kappa shape index (κ3) is 6.96. The molecule has 0 radical (unpaired) electrons. The van der Waals surface area contributed by atoms with Gasteiger partial charge in [-0.1, -0.05) is 13.8 Å². The van der Waals surface area contributed by atoms with Gasteiger partial charge in [0.1, 0.15) is 6.17 Å². The molecule has 1 aliphatic rings. The summed E-state index contributed by atoms with van der Waals surface area (Å²) >= 11 is 0. The fourth-order valence-electron chi connectivity index (χ4n) is 2.06. The molecule has 0 aliphatic carbocycles. The van der Waals surface area contributed by atoms with Crippen LogP contribution in [0.15, 0.2) is 0 Å². The fourth-order valence-corrected chi connectivity index (χ4v) is 2.06. The summed E-state index contributed by atoms with van der Waals surface area (Å²) in [6, 6.07) is 0. The molecule has 1 saturated heterocycles. The van der Waals surface area contributed by atoms with Crippen LogP contribution in [0.1, 0.15) is 20.3 Å². The highest BCUT2D eigenvalue weighted by atomic mass is 19.1. The lowest BCUT2D eigenvalue weighted by molar-refractivity contribution is 0.0474. The Morgan fingerprint density at radius 2 is 1.82 bits per heavy atom. The zero-order chi connectivity index (χ0) is 12.7. The molecule has 0 amide bonds. The number of halogens is 1. The lowest BCUT2D eigenvalue weighted by Gasteiger charge is -2.32. The molecular weight excluding hydrogens is 219 g/mol. The van der Waals surface area contributed by atoms with Crippen LogP contribution in [0.4, 0.5) is 4.39 Å². The Morgan fingerprint density at radius 1 is 1.18 bits per heavy atom. The molecule has 0 saturated carbocycles. The first kappa shape index (κ1) is 14.9. The zero-order valence-corrected chi connectivity index (χ0v) is 11.5. The maximum Gasteiger partial charge on any atom is 0.124 e. The van der Waals surface area contributed by atoms with Gasteiger partial charge in [0.2, 0.25) is 0 Å². The summed E-state index contributed by atoms with van der Waals surface area (Å²) in [5.41, 5.74) is 0. The van der Waals surface area contributed by atoms with Gasteiger partial charge in [0.05, 0.1) is 13.2 Å². The highest BCUT2D eigenvalue weighted by Crippen LogP contribution is 2.08. The van der Waals surface area contributed by atoms with Crippen molar-refractivity contribution in [3.63, 3.8) is 0 Å². The van der Waals surface area contributed by atoms with Crippen molar-refractivity contribution in [2.24, 2.45) is 5.92 Å². The van der Waals surface area contributed by atoms with E-state index in [9.17, 15) is 4.39 Å². The third-order valence-corrected chi connectivity index (χ3v) is 3.17. The zero-order valence-electron chi connectivity index (χ0n) is 11.5. The predicted octanol–water partition coefficient (Wildman–Crippen LogP) is 1.63. The van der Waals surface area contributed by atoms with E-state index in [1.165, 1.54) is 0 Å². The van der Waals surface area contributed by atoms with Crippen LogP contribution in [0.2, 0.25) is 0 Å². The number of ether oxygens (including phenoxy) is 1. The summed E-state index contributed by atoms with van der Waals surface area (Å²) in [4.78, 5) is 4.72. The standard InChI is InChI=1S/C13H27FN2O/c1-12(2)10-13(14)11-17-9-8-16-6-4-15(3)5-7-16/h12-13H,4-11H2,1-3H3/t13-/m1/s1. The minimum Gasteiger partial charge on any atom is -0.377 e. The summed E-state index contributed by atoms with van der Waals surface area (Å²) in [7, 11) is 2.15. The Bertz CT molecular complexity index is 194. The largest absolute Gasteiger partial charge is 0.377 e. The summed E-state index contributed by atoms with van der Waals surface area (Å²) in [6.45, 7) is 10.4. The smallest absolute Gasteiger partial charge is 0.124 e. The molecule has 0 aromatic heterocycles. The van der Waals surface area contributed by atoms with Crippen molar-refractivity contribution in [3.05, 3.63) is 0 Å². The second-order valence-electron chi connectivity index (χ2n) is 5.45. The Balaban J connectivity index is 1.97. The van der Waals surface area contributed by atoms with Crippen LogP contribution in [-0.2, 0) is 4.74 Å². The number of alkyl halides is 1. The summed E-state index contributed by atoms with van der Waals surface area (Å²) in [5, 5.41) is 0. The predicted molar refractivity (Wildman–Crippen MR) is 69.1 cm³/mol. The van der Waals surface area contributed by atoms with Crippen molar-refractivity contribution >= 4 is 0 Å². The molecule has 4 heteroatoms. The van der Waals surface area contributed by atoms with Gasteiger partial charge in [-0.25, -0.2) is 4.39 Å². The highest BCUT2D eigenvalue weighted by molar-refractivity contribution is 4.68. The van der Waals surface area contributed by atoms with Crippen molar-refractivity contribution in [1.29, 1.82) is 0 Å². The number of rotatable bonds is 7. The Kier molecular flexibility index (Phi) is 7.00. The first-order valence-corrected chi connectivity index (χ1v) is 6.70. The second kappa shape index (κ2) is 8.01. The average molecular weight is 246 g/mol. The number of hydrogen-bond acceptors (Lipinski definition) is 3. The van der Waals surface area contributed by atoms with Gasteiger partial charge in [-0.2, -0.15) is 0 Å². The minimum absolute atomic E-state index is 0.256. The maximum absolute atomic E-state index is 13.3. The summed E-state index contributed by atoms with van der Waals surface area (Å²) < 4.78 is 18.7. The van der Waals surface area contributed by atoms with Crippen molar-refractivity contribution in [2.75, 3.05) is 53.0 Å². The molecule has 0 aromatic rings. The molecule has 0 unspecified atom stereocenters. The van der Waals surface area contributed by atoms with Crippen LogP contribution in [0.3, 0.4) is 0 Å². The molecule has 102 valence electrons. The number of hydrogen-bond donors (Lipinski definition) is 0. The normalized spacial score (nSPS) is 21.0. The average Bonchev–Trinajstić information content (AvgIpc) is 2.26. The molecule has 1 atom stereocenters. The van der Waals surface area contributed by atoms with Crippen LogP contribution >= 0.6 is 0 Å². The van der Waals surface area contributed by atoms with Crippen LogP contribution in [0.5, 0.6) is 0 Å².